The molecule has 1 fully saturated rings. The van der Waals surface area contributed by atoms with E-state index in [0.29, 0.717) is 0 Å². The van der Waals surface area contributed by atoms with E-state index in [1.54, 1.807) is 0 Å². The summed E-state index contributed by atoms with van der Waals surface area (Å²) in [4.78, 5) is 2.48. The van der Waals surface area contributed by atoms with Crippen LogP contribution in [0.15, 0.2) is 176 Å². The summed E-state index contributed by atoms with van der Waals surface area (Å²) in [5.74, 6) is 0. The van der Waals surface area contributed by atoms with Gasteiger partial charge in [-0.25, -0.2) is 0 Å². The molecule has 12 rings (SSSR count). The molecule has 0 N–H and O–H groups in total. The highest BCUT2D eigenvalue weighted by Gasteiger charge is 2.45. The summed E-state index contributed by atoms with van der Waals surface area (Å²) in [6, 6.07) is 66.5. The summed E-state index contributed by atoms with van der Waals surface area (Å²) in [7, 11) is 0. The minimum Gasteiger partial charge on any atom is -0.310 e. The molecule has 1 spiro atoms. The van der Waals surface area contributed by atoms with Crippen molar-refractivity contribution in [3.8, 4) is 44.5 Å². The normalized spacial score (nSPS) is 15.4. The highest BCUT2D eigenvalue weighted by molar-refractivity contribution is 7.25. The van der Waals surface area contributed by atoms with E-state index in [2.05, 4.69) is 195 Å². The molecule has 3 aliphatic rings. The van der Waals surface area contributed by atoms with Gasteiger partial charge in [0, 0.05) is 48.1 Å². The standard InChI is InChI=1S/C56H43NS/c1-55(2)48-19-6-3-14-44(48)46-18-11-17-42(54(46)55)37-25-29-39(30-26-37)57(40-31-32-45-43-13-4-7-20-49(43)56(50(45)35-40)33-9-10-34-56)38-27-23-36(24-28-38)41-16-12-22-52-53(41)47-15-5-8-21-51(47)58-52/h3-8,11-32,35H,9-10,33-34H2,1-2H3. The van der Waals surface area contributed by atoms with Crippen LogP contribution in [0.25, 0.3) is 64.7 Å². The lowest BCUT2D eigenvalue weighted by molar-refractivity contribution is 0.550. The molecule has 0 radical (unpaired) electrons. The fraction of sp³-hybridized carbons (Fsp3) is 0.143. The van der Waals surface area contributed by atoms with Crippen LogP contribution in [-0.2, 0) is 10.8 Å². The summed E-state index contributed by atoms with van der Waals surface area (Å²) in [6.07, 6.45) is 4.99. The van der Waals surface area contributed by atoms with Crippen LogP contribution in [0, 0.1) is 0 Å². The first-order valence-corrected chi connectivity index (χ1v) is 21.7. The summed E-state index contributed by atoms with van der Waals surface area (Å²) < 4.78 is 2.67. The van der Waals surface area contributed by atoms with Crippen molar-refractivity contribution in [2.45, 2.75) is 50.4 Å². The predicted octanol–water partition coefficient (Wildman–Crippen LogP) is 16.0. The molecule has 58 heavy (non-hydrogen) atoms. The lowest BCUT2D eigenvalue weighted by Gasteiger charge is -2.30. The van der Waals surface area contributed by atoms with E-state index in [1.165, 1.54) is 118 Å². The highest BCUT2D eigenvalue weighted by Crippen LogP contribution is 2.58. The molecular weight excluding hydrogens is 719 g/mol. The number of fused-ring (bicyclic) bond motifs is 11. The quantitative estimate of drug-likeness (QED) is 0.169. The molecule has 2 heteroatoms. The van der Waals surface area contributed by atoms with Crippen LogP contribution in [0.1, 0.15) is 61.8 Å². The van der Waals surface area contributed by atoms with E-state index in [9.17, 15) is 0 Å². The number of hydrogen-bond donors (Lipinski definition) is 0. The number of rotatable bonds is 5. The molecule has 0 bridgehead atoms. The number of anilines is 3. The maximum atomic E-state index is 2.53. The fourth-order valence-corrected chi connectivity index (χ4v) is 12.4. The van der Waals surface area contributed by atoms with Crippen molar-refractivity contribution in [1.82, 2.24) is 0 Å². The molecule has 1 aromatic heterocycles. The van der Waals surface area contributed by atoms with Crippen molar-refractivity contribution < 1.29 is 0 Å². The van der Waals surface area contributed by atoms with Crippen LogP contribution in [0.2, 0.25) is 0 Å². The second kappa shape index (κ2) is 12.6. The van der Waals surface area contributed by atoms with Gasteiger partial charge in [0.15, 0.2) is 0 Å². The molecule has 9 aromatic rings. The lowest BCUT2D eigenvalue weighted by atomic mass is 9.76. The predicted molar refractivity (Wildman–Crippen MR) is 247 cm³/mol. The Labute approximate surface area is 344 Å². The van der Waals surface area contributed by atoms with Gasteiger partial charge >= 0.3 is 0 Å². The van der Waals surface area contributed by atoms with E-state index in [1.807, 2.05) is 11.3 Å². The van der Waals surface area contributed by atoms with Crippen LogP contribution >= 0.6 is 11.3 Å². The van der Waals surface area contributed by atoms with E-state index < -0.39 is 0 Å². The molecule has 1 saturated carbocycles. The molecule has 1 nitrogen and oxygen atoms in total. The van der Waals surface area contributed by atoms with Crippen molar-refractivity contribution in [3.63, 3.8) is 0 Å². The van der Waals surface area contributed by atoms with Crippen LogP contribution in [0.3, 0.4) is 0 Å². The summed E-state index contributed by atoms with van der Waals surface area (Å²) in [5, 5.41) is 2.68. The summed E-state index contributed by atoms with van der Waals surface area (Å²) >= 11 is 1.88. The van der Waals surface area contributed by atoms with Gasteiger partial charge < -0.3 is 4.90 Å². The van der Waals surface area contributed by atoms with Crippen molar-refractivity contribution in [2.24, 2.45) is 0 Å². The molecule has 0 amide bonds. The van der Waals surface area contributed by atoms with E-state index >= 15 is 0 Å². The molecule has 8 aromatic carbocycles. The maximum absolute atomic E-state index is 2.53. The average molecular weight is 762 g/mol. The van der Waals surface area contributed by atoms with Crippen LogP contribution < -0.4 is 4.90 Å². The van der Waals surface area contributed by atoms with Crippen molar-refractivity contribution in [3.05, 3.63) is 198 Å². The van der Waals surface area contributed by atoms with Gasteiger partial charge in [-0.2, -0.15) is 0 Å². The van der Waals surface area contributed by atoms with Gasteiger partial charge in [0.2, 0.25) is 0 Å². The van der Waals surface area contributed by atoms with Crippen molar-refractivity contribution >= 4 is 48.6 Å². The average Bonchev–Trinajstić information content (AvgIpc) is 4.04. The maximum Gasteiger partial charge on any atom is 0.0465 e. The lowest BCUT2D eigenvalue weighted by Crippen LogP contribution is -2.21. The molecule has 0 unspecified atom stereocenters. The molecular formula is C56H43NS. The molecule has 0 saturated heterocycles. The van der Waals surface area contributed by atoms with Gasteiger partial charge in [-0.05, 0) is 128 Å². The Morgan fingerprint density at radius 3 is 1.72 bits per heavy atom. The van der Waals surface area contributed by atoms with Crippen LogP contribution in [0.4, 0.5) is 17.1 Å². The minimum atomic E-state index is -0.0766. The molecule has 0 aliphatic heterocycles. The number of hydrogen-bond acceptors (Lipinski definition) is 2. The first-order valence-electron chi connectivity index (χ1n) is 20.9. The first kappa shape index (κ1) is 33.9. The zero-order valence-corrected chi connectivity index (χ0v) is 33.7. The SMILES string of the molecule is CC1(C)c2ccccc2-c2cccc(-c3ccc(N(c4ccc(-c5cccc6sc7ccccc7c56)cc4)c4ccc5c(c4)C4(CCCC4)c4ccccc4-5)cc3)c21. The summed E-state index contributed by atoms with van der Waals surface area (Å²) in [6.45, 7) is 4.76. The van der Waals surface area contributed by atoms with Gasteiger partial charge in [0.1, 0.15) is 0 Å². The smallest absolute Gasteiger partial charge is 0.0465 e. The Morgan fingerprint density at radius 2 is 0.966 bits per heavy atom. The van der Waals surface area contributed by atoms with Gasteiger partial charge in [0.05, 0.1) is 0 Å². The number of benzene rings is 8. The Bertz CT molecular complexity index is 3080. The highest BCUT2D eigenvalue weighted by atomic mass is 32.1. The summed E-state index contributed by atoms with van der Waals surface area (Å²) in [5.41, 5.74) is 20.0. The Morgan fingerprint density at radius 1 is 0.431 bits per heavy atom. The third-order valence-electron chi connectivity index (χ3n) is 13.8. The zero-order valence-electron chi connectivity index (χ0n) is 32.9. The Hall–Kier alpha value is -6.22. The number of thiophene rings is 1. The largest absolute Gasteiger partial charge is 0.310 e. The Balaban J connectivity index is 0.993. The second-order valence-electron chi connectivity index (χ2n) is 17.2. The topological polar surface area (TPSA) is 3.24 Å². The molecule has 1 heterocycles. The number of nitrogens with zero attached hydrogens (tertiary/aromatic N) is 1. The van der Waals surface area contributed by atoms with Crippen molar-refractivity contribution in [2.75, 3.05) is 4.90 Å². The van der Waals surface area contributed by atoms with E-state index in [0.717, 1.165) is 11.4 Å². The van der Waals surface area contributed by atoms with Gasteiger partial charge in [-0.15, -0.1) is 11.3 Å². The van der Waals surface area contributed by atoms with Gasteiger partial charge in [-0.1, -0.05) is 154 Å². The molecule has 278 valence electrons. The van der Waals surface area contributed by atoms with Gasteiger partial charge in [-0.3, -0.25) is 0 Å². The van der Waals surface area contributed by atoms with E-state index in [4.69, 9.17) is 0 Å². The van der Waals surface area contributed by atoms with E-state index in [-0.39, 0.29) is 10.8 Å². The Kier molecular flexibility index (Phi) is 7.38. The fourth-order valence-electron chi connectivity index (χ4n) is 11.2. The van der Waals surface area contributed by atoms with Crippen LogP contribution in [-0.4, -0.2) is 0 Å². The zero-order chi connectivity index (χ0) is 38.6. The third-order valence-corrected chi connectivity index (χ3v) is 15.0. The monoisotopic (exact) mass is 761 g/mol. The van der Waals surface area contributed by atoms with Gasteiger partial charge in [0.25, 0.3) is 0 Å². The minimum absolute atomic E-state index is 0.0766. The second-order valence-corrected chi connectivity index (χ2v) is 18.3. The first-order chi connectivity index (χ1) is 28.5. The molecule has 3 aliphatic carbocycles. The van der Waals surface area contributed by atoms with Crippen LogP contribution in [0.5, 0.6) is 0 Å². The third kappa shape index (κ3) is 4.82. The molecule has 0 atom stereocenters. The van der Waals surface area contributed by atoms with Crippen molar-refractivity contribution in [1.29, 1.82) is 0 Å².